The number of rotatable bonds is 8. The number of aromatic nitrogens is 2. The molecule has 0 spiro atoms. The highest BCUT2D eigenvalue weighted by molar-refractivity contribution is 5.82. The molecule has 0 atom stereocenters. The highest BCUT2D eigenvalue weighted by atomic mass is 16.5. The summed E-state index contributed by atoms with van der Waals surface area (Å²) in [5.74, 6) is 8.05. The van der Waals surface area contributed by atoms with Gasteiger partial charge in [-0.05, 0) is 37.0 Å². The van der Waals surface area contributed by atoms with Crippen molar-refractivity contribution in [1.82, 2.24) is 15.0 Å². The molecule has 1 heterocycles. The third-order valence-corrected chi connectivity index (χ3v) is 5.42. The van der Waals surface area contributed by atoms with Gasteiger partial charge in [0.15, 0.2) is 0 Å². The lowest BCUT2D eigenvalue weighted by atomic mass is 10.1. The predicted molar refractivity (Wildman–Crippen MR) is 123 cm³/mol. The summed E-state index contributed by atoms with van der Waals surface area (Å²) in [7, 11) is 5.04. The Morgan fingerprint density at radius 2 is 1.77 bits per heavy atom. The van der Waals surface area contributed by atoms with E-state index >= 15 is 0 Å². The molecule has 0 unspecified atom stereocenters. The number of hydrogen-bond acceptors (Lipinski definition) is 8. The molecule has 4 rings (SSSR count). The summed E-state index contributed by atoms with van der Waals surface area (Å²) < 4.78 is 11.0. The van der Waals surface area contributed by atoms with Crippen molar-refractivity contribution in [2.75, 3.05) is 32.7 Å². The summed E-state index contributed by atoms with van der Waals surface area (Å²) in [6.07, 6.45) is 5.59. The summed E-state index contributed by atoms with van der Waals surface area (Å²) in [6, 6.07) is 12.0. The first kappa shape index (κ1) is 20.7. The first-order valence-corrected chi connectivity index (χ1v) is 10.2. The molecule has 8 nitrogen and oxygen atoms in total. The van der Waals surface area contributed by atoms with Crippen molar-refractivity contribution in [1.29, 1.82) is 0 Å². The van der Waals surface area contributed by atoms with Crippen molar-refractivity contribution >= 4 is 28.1 Å². The average molecular weight is 421 g/mol. The van der Waals surface area contributed by atoms with Crippen molar-refractivity contribution in [3.05, 3.63) is 54.5 Å². The maximum absolute atomic E-state index is 5.88. The van der Waals surface area contributed by atoms with Crippen LogP contribution < -0.4 is 25.9 Å². The van der Waals surface area contributed by atoms with Crippen LogP contribution in [0.3, 0.4) is 0 Å². The maximum atomic E-state index is 5.88. The van der Waals surface area contributed by atoms with E-state index < -0.39 is 0 Å². The van der Waals surface area contributed by atoms with Crippen LogP contribution in [0.2, 0.25) is 0 Å². The van der Waals surface area contributed by atoms with E-state index in [4.69, 9.17) is 26.0 Å². The van der Waals surface area contributed by atoms with Crippen molar-refractivity contribution in [3.8, 4) is 11.5 Å². The van der Waals surface area contributed by atoms with Gasteiger partial charge in [-0.2, -0.15) is 0 Å². The Morgan fingerprint density at radius 1 is 1.06 bits per heavy atom. The molecule has 3 aromatic rings. The number of ether oxygens (including phenoxy) is 2. The second-order valence-electron chi connectivity index (χ2n) is 7.72. The zero-order valence-corrected chi connectivity index (χ0v) is 18.1. The van der Waals surface area contributed by atoms with Crippen LogP contribution in [-0.2, 0) is 0 Å². The van der Waals surface area contributed by atoms with E-state index in [2.05, 4.69) is 16.0 Å². The molecule has 0 aliphatic heterocycles. The lowest BCUT2D eigenvalue weighted by molar-refractivity contribution is 0.394. The molecule has 1 saturated carbocycles. The molecular formula is C23H28N6O2. The van der Waals surface area contributed by atoms with Crippen LogP contribution >= 0.6 is 0 Å². The monoisotopic (exact) mass is 420 g/mol. The SMILES string of the molecule is COc1cc(OC)cc(N(CC2CC2)c2ccc3ncc(/C(=C/N)N(C)N)nc3c2)c1. The average Bonchev–Trinajstić information content (AvgIpc) is 3.61. The molecular weight excluding hydrogens is 392 g/mol. The van der Waals surface area contributed by atoms with Gasteiger partial charge in [-0.3, -0.25) is 4.98 Å². The molecule has 162 valence electrons. The molecule has 1 aliphatic carbocycles. The smallest absolute Gasteiger partial charge is 0.124 e. The Morgan fingerprint density at radius 3 is 2.35 bits per heavy atom. The zero-order chi connectivity index (χ0) is 22.0. The molecule has 31 heavy (non-hydrogen) atoms. The Labute approximate surface area is 182 Å². The number of anilines is 2. The maximum Gasteiger partial charge on any atom is 0.124 e. The van der Waals surface area contributed by atoms with Gasteiger partial charge in [0, 0.05) is 49.4 Å². The zero-order valence-electron chi connectivity index (χ0n) is 18.1. The summed E-state index contributed by atoms with van der Waals surface area (Å²) >= 11 is 0. The van der Waals surface area contributed by atoms with Crippen LogP contribution in [0.15, 0.2) is 48.8 Å². The van der Waals surface area contributed by atoms with Crippen LogP contribution in [0.1, 0.15) is 18.5 Å². The number of benzene rings is 2. The summed E-state index contributed by atoms with van der Waals surface area (Å²) in [6.45, 7) is 0.911. The van der Waals surface area contributed by atoms with Crippen LogP contribution in [-0.4, -0.2) is 42.8 Å². The Balaban J connectivity index is 1.79. The minimum absolute atomic E-state index is 0.604. The number of hydrazine groups is 1. The molecule has 1 fully saturated rings. The van der Waals surface area contributed by atoms with E-state index in [9.17, 15) is 0 Å². The highest BCUT2D eigenvalue weighted by Crippen LogP contribution is 2.38. The molecule has 2 aromatic carbocycles. The number of nitrogens with two attached hydrogens (primary N) is 2. The second-order valence-corrected chi connectivity index (χ2v) is 7.72. The van der Waals surface area contributed by atoms with Crippen LogP contribution in [0.4, 0.5) is 11.4 Å². The van der Waals surface area contributed by atoms with Gasteiger partial charge in [0.2, 0.25) is 0 Å². The molecule has 0 bridgehead atoms. The third kappa shape index (κ3) is 4.49. The number of fused-ring (bicyclic) bond motifs is 1. The molecule has 8 heteroatoms. The molecule has 1 aromatic heterocycles. The standard InChI is InChI=1S/C23H28N6O2/c1-28(25)23(12-24)22-13-26-20-7-6-16(10-21(20)27-22)29(14-15-4-5-15)17-8-18(30-2)11-19(9-17)31-3/h6-13,15H,4-5,14,24-25H2,1-3H3/b23-12-. The third-order valence-electron chi connectivity index (χ3n) is 5.42. The lowest BCUT2D eigenvalue weighted by Gasteiger charge is -2.26. The Hall–Kier alpha value is -3.52. The van der Waals surface area contributed by atoms with Gasteiger partial charge in [-0.15, -0.1) is 0 Å². The van der Waals surface area contributed by atoms with E-state index in [-0.39, 0.29) is 0 Å². The van der Waals surface area contributed by atoms with E-state index in [1.165, 1.54) is 24.1 Å². The highest BCUT2D eigenvalue weighted by Gasteiger charge is 2.26. The van der Waals surface area contributed by atoms with E-state index in [1.54, 1.807) is 27.5 Å². The Kier molecular flexibility index (Phi) is 5.81. The van der Waals surface area contributed by atoms with Gasteiger partial charge < -0.3 is 25.1 Å². The topological polar surface area (TPSA) is 103 Å². The minimum Gasteiger partial charge on any atom is -0.497 e. The largest absolute Gasteiger partial charge is 0.497 e. The quantitative estimate of drug-likeness (QED) is 0.423. The minimum atomic E-state index is 0.604. The predicted octanol–water partition coefficient (Wildman–Crippen LogP) is 3.26. The van der Waals surface area contributed by atoms with Gasteiger partial charge in [-0.1, -0.05) is 0 Å². The number of methoxy groups -OCH3 is 2. The van der Waals surface area contributed by atoms with Crippen molar-refractivity contribution in [3.63, 3.8) is 0 Å². The first-order chi connectivity index (χ1) is 15.0. The first-order valence-electron chi connectivity index (χ1n) is 10.2. The molecule has 4 N–H and O–H groups in total. The summed E-state index contributed by atoms with van der Waals surface area (Å²) in [5.41, 5.74) is 10.6. The summed E-state index contributed by atoms with van der Waals surface area (Å²) in [5, 5.41) is 1.43. The van der Waals surface area contributed by atoms with E-state index in [1.807, 2.05) is 30.3 Å². The second kappa shape index (κ2) is 8.69. The van der Waals surface area contributed by atoms with Crippen LogP contribution in [0.25, 0.3) is 16.7 Å². The fourth-order valence-electron chi connectivity index (χ4n) is 3.54. The van der Waals surface area contributed by atoms with E-state index in [0.29, 0.717) is 17.3 Å². The van der Waals surface area contributed by atoms with E-state index in [0.717, 1.165) is 40.5 Å². The normalized spacial score (nSPS) is 13.9. The van der Waals surface area contributed by atoms with Crippen molar-refractivity contribution in [2.45, 2.75) is 12.8 Å². The lowest BCUT2D eigenvalue weighted by Crippen LogP contribution is -2.25. The van der Waals surface area contributed by atoms with Crippen LogP contribution in [0.5, 0.6) is 11.5 Å². The Bertz CT molecular complexity index is 1090. The van der Waals surface area contributed by atoms with Gasteiger partial charge in [0.1, 0.15) is 17.2 Å². The van der Waals surface area contributed by atoms with Gasteiger partial charge in [-0.25, -0.2) is 10.8 Å². The van der Waals surface area contributed by atoms with Gasteiger partial charge in [0.05, 0.1) is 37.1 Å². The summed E-state index contributed by atoms with van der Waals surface area (Å²) in [4.78, 5) is 11.6. The fourth-order valence-corrected chi connectivity index (χ4v) is 3.54. The van der Waals surface area contributed by atoms with Crippen LogP contribution in [0, 0.1) is 5.92 Å². The van der Waals surface area contributed by atoms with Crippen molar-refractivity contribution in [2.24, 2.45) is 17.5 Å². The fraction of sp³-hybridized carbons (Fsp3) is 0.304. The molecule has 0 radical (unpaired) electrons. The number of hydrogen-bond donors (Lipinski definition) is 2. The molecule has 0 saturated heterocycles. The van der Waals surface area contributed by atoms with Gasteiger partial charge in [0.25, 0.3) is 0 Å². The van der Waals surface area contributed by atoms with Crippen molar-refractivity contribution < 1.29 is 9.47 Å². The molecule has 1 aliphatic rings. The van der Waals surface area contributed by atoms with Gasteiger partial charge >= 0.3 is 0 Å². The molecule has 0 amide bonds. The number of nitrogens with zero attached hydrogens (tertiary/aromatic N) is 4.